The molecule has 0 spiro atoms. The summed E-state index contributed by atoms with van der Waals surface area (Å²) in [4.78, 5) is 42.7. The molecule has 0 bridgehead atoms. The first-order valence-corrected chi connectivity index (χ1v) is 5.23. The second-order valence-electron chi connectivity index (χ2n) is 3.55. The third-order valence-corrected chi connectivity index (χ3v) is 2.21. The fourth-order valence-electron chi connectivity index (χ4n) is 1.47. The number of para-hydroxylation sites is 2. The standard InChI is InChI=1S/C10H10N4O6/c15-9(16)5-13(11-19)7-3-1-2-4-8(7)14(12-20)6-10(17)18/h1-4H,5-6H2,(H,15,16)(H,17,18). The van der Waals surface area contributed by atoms with Crippen LogP contribution in [0.3, 0.4) is 0 Å². The topological polar surface area (TPSA) is 140 Å². The fourth-order valence-corrected chi connectivity index (χ4v) is 1.47. The number of benzene rings is 1. The van der Waals surface area contributed by atoms with E-state index in [4.69, 9.17) is 10.2 Å². The van der Waals surface area contributed by atoms with Crippen molar-refractivity contribution >= 4 is 23.3 Å². The molecule has 0 fully saturated rings. The average molecular weight is 282 g/mol. The van der Waals surface area contributed by atoms with Crippen molar-refractivity contribution in [3.63, 3.8) is 0 Å². The van der Waals surface area contributed by atoms with Gasteiger partial charge in [-0.25, -0.2) is 10.0 Å². The lowest BCUT2D eigenvalue weighted by Gasteiger charge is -2.20. The second-order valence-corrected chi connectivity index (χ2v) is 3.55. The largest absolute Gasteiger partial charge is 0.480 e. The summed E-state index contributed by atoms with van der Waals surface area (Å²) in [6, 6.07) is 5.59. The highest BCUT2D eigenvalue weighted by atomic mass is 16.4. The van der Waals surface area contributed by atoms with E-state index in [0.29, 0.717) is 10.0 Å². The molecule has 0 saturated carbocycles. The SMILES string of the molecule is O=NN(CC(=O)O)c1ccccc1N(CC(=O)O)N=O. The van der Waals surface area contributed by atoms with Gasteiger partial charge in [0.25, 0.3) is 0 Å². The third-order valence-electron chi connectivity index (χ3n) is 2.21. The van der Waals surface area contributed by atoms with E-state index in [1.54, 1.807) is 0 Å². The molecule has 1 aromatic rings. The number of rotatable bonds is 8. The Morgan fingerprint density at radius 3 is 1.50 bits per heavy atom. The molecule has 0 aliphatic rings. The molecular formula is C10H10N4O6. The van der Waals surface area contributed by atoms with Gasteiger partial charge in [-0.2, -0.15) is 0 Å². The van der Waals surface area contributed by atoms with Crippen LogP contribution < -0.4 is 10.0 Å². The van der Waals surface area contributed by atoms with Gasteiger partial charge >= 0.3 is 11.9 Å². The zero-order valence-electron chi connectivity index (χ0n) is 10.0. The van der Waals surface area contributed by atoms with Crippen molar-refractivity contribution in [1.29, 1.82) is 0 Å². The molecule has 2 N–H and O–H groups in total. The van der Waals surface area contributed by atoms with E-state index in [2.05, 4.69) is 10.6 Å². The molecule has 0 amide bonds. The van der Waals surface area contributed by atoms with Crippen molar-refractivity contribution in [2.24, 2.45) is 10.6 Å². The number of carboxylic acids is 2. The zero-order valence-corrected chi connectivity index (χ0v) is 10.0. The normalized spacial score (nSPS) is 9.60. The number of carbonyl (C=O) groups is 2. The van der Waals surface area contributed by atoms with Gasteiger partial charge in [-0.05, 0) is 12.1 Å². The molecule has 10 heteroatoms. The maximum Gasteiger partial charge on any atom is 0.325 e. The minimum absolute atomic E-state index is 0.0363. The molecule has 0 aromatic heterocycles. The highest BCUT2D eigenvalue weighted by Crippen LogP contribution is 2.29. The number of nitroso groups, excluding NO2 is 2. The fraction of sp³-hybridized carbons (Fsp3) is 0.200. The Balaban J connectivity index is 3.19. The summed E-state index contributed by atoms with van der Waals surface area (Å²) >= 11 is 0. The number of carboxylic acid groups (broad SMARTS) is 2. The molecule has 0 unspecified atom stereocenters. The molecule has 20 heavy (non-hydrogen) atoms. The average Bonchev–Trinajstić information content (AvgIpc) is 2.42. The Morgan fingerprint density at radius 1 is 0.900 bits per heavy atom. The molecule has 0 saturated heterocycles. The van der Waals surface area contributed by atoms with Gasteiger partial charge < -0.3 is 10.2 Å². The van der Waals surface area contributed by atoms with Crippen LogP contribution in [0, 0.1) is 9.81 Å². The van der Waals surface area contributed by atoms with Crippen molar-refractivity contribution < 1.29 is 19.8 Å². The maximum absolute atomic E-state index is 10.7. The first-order chi connectivity index (χ1) is 9.49. The Kier molecular flexibility index (Phi) is 5.09. The molecule has 1 rings (SSSR count). The lowest BCUT2D eigenvalue weighted by Crippen LogP contribution is -2.28. The minimum atomic E-state index is -1.32. The van der Waals surface area contributed by atoms with Gasteiger partial charge in [0.2, 0.25) is 0 Å². The number of anilines is 2. The number of nitrogens with zero attached hydrogens (tertiary/aromatic N) is 4. The van der Waals surface area contributed by atoms with Crippen molar-refractivity contribution in [3.8, 4) is 0 Å². The van der Waals surface area contributed by atoms with Crippen molar-refractivity contribution in [2.45, 2.75) is 0 Å². The molecule has 0 radical (unpaired) electrons. The minimum Gasteiger partial charge on any atom is -0.480 e. The summed E-state index contributed by atoms with van der Waals surface area (Å²) in [5.41, 5.74) is -0.0727. The Bertz CT molecular complexity index is 487. The highest BCUT2D eigenvalue weighted by molar-refractivity contribution is 5.81. The van der Waals surface area contributed by atoms with Gasteiger partial charge in [-0.15, -0.1) is 9.81 Å². The van der Waals surface area contributed by atoms with Crippen molar-refractivity contribution in [3.05, 3.63) is 34.1 Å². The van der Waals surface area contributed by atoms with Gasteiger partial charge in [0, 0.05) is 0 Å². The lowest BCUT2D eigenvalue weighted by molar-refractivity contribution is -0.136. The highest BCUT2D eigenvalue weighted by Gasteiger charge is 2.20. The van der Waals surface area contributed by atoms with Gasteiger partial charge in [-0.1, -0.05) is 12.1 Å². The number of hydrogen-bond donors (Lipinski definition) is 2. The summed E-state index contributed by atoms with van der Waals surface area (Å²) in [7, 11) is 0. The van der Waals surface area contributed by atoms with Gasteiger partial charge in [0.1, 0.15) is 13.1 Å². The van der Waals surface area contributed by atoms with E-state index in [0.717, 1.165) is 0 Å². The predicted octanol–water partition coefficient (Wildman–Crippen LogP) is 0.831. The van der Waals surface area contributed by atoms with Crippen LogP contribution in [-0.2, 0) is 9.59 Å². The van der Waals surface area contributed by atoms with Crippen LogP contribution in [0.2, 0.25) is 0 Å². The smallest absolute Gasteiger partial charge is 0.325 e. The molecule has 0 atom stereocenters. The first kappa shape index (κ1) is 15.0. The Morgan fingerprint density at radius 2 is 1.25 bits per heavy atom. The van der Waals surface area contributed by atoms with E-state index >= 15 is 0 Å². The quantitative estimate of drug-likeness (QED) is 0.527. The summed E-state index contributed by atoms with van der Waals surface area (Å²) in [5, 5.41) is 23.6. The van der Waals surface area contributed by atoms with E-state index in [9.17, 15) is 19.4 Å². The van der Waals surface area contributed by atoms with E-state index in [1.165, 1.54) is 24.3 Å². The maximum atomic E-state index is 10.7. The number of hydrogen-bond acceptors (Lipinski definition) is 6. The number of aliphatic carboxylic acids is 2. The van der Waals surface area contributed by atoms with E-state index in [-0.39, 0.29) is 11.4 Å². The van der Waals surface area contributed by atoms with Crippen LogP contribution in [0.25, 0.3) is 0 Å². The van der Waals surface area contributed by atoms with Gasteiger partial charge in [0.15, 0.2) is 0 Å². The summed E-state index contributed by atoms with van der Waals surface area (Å²) < 4.78 is 0. The lowest BCUT2D eigenvalue weighted by atomic mass is 10.2. The molecule has 106 valence electrons. The van der Waals surface area contributed by atoms with Crippen molar-refractivity contribution in [2.75, 3.05) is 23.1 Å². The van der Waals surface area contributed by atoms with Crippen LogP contribution in [-0.4, -0.2) is 35.2 Å². The molecular weight excluding hydrogens is 272 g/mol. The Labute approximate surface area is 112 Å². The monoisotopic (exact) mass is 282 g/mol. The van der Waals surface area contributed by atoms with Crippen LogP contribution in [0.5, 0.6) is 0 Å². The van der Waals surface area contributed by atoms with Crippen LogP contribution in [0.4, 0.5) is 11.4 Å². The zero-order chi connectivity index (χ0) is 15.1. The molecule has 0 heterocycles. The molecule has 0 aliphatic heterocycles. The summed E-state index contributed by atoms with van der Waals surface area (Å²) in [5.74, 6) is -2.63. The predicted molar refractivity (Wildman–Crippen MR) is 68.0 cm³/mol. The molecule has 10 nitrogen and oxygen atoms in total. The van der Waals surface area contributed by atoms with Crippen LogP contribution in [0.15, 0.2) is 34.8 Å². The van der Waals surface area contributed by atoms with E-state index in [1.807, 2.05) is 0 Å². The Hall–Kier alpha value is -3.04. The molecule has 0 aliphatic carbocycles. The van der Waals surface area contributed by atoms with Crippen molar-refractivity contribution in [1.82, 2.24) is 0 Å². The summed E-state index contributed by atoms with van der Waals surface area (Å²) in [6.45, 7) is -1.47. The van der Waals surface area contributed by atoms with Gasteiger partial charge in [0.05, 0.1) is 21.9 Å². The second kappa shape index (κ2) is 6.78. The summed E-state index contributed by atoms with van der Waals surface area (Å²) in [6.07, 6.45) is 0. The van der Waals surface area contributed by atoms with E-state index < -0.39 is 25.0 Å². The van der Waals surface area contributed by atoms with Crippen LogP contribution >= 0.6 is 0 Å². The third kappa shape index (κ3) is 3.73. The van der Waals surface area contributed by atoms with Gasteiger partial charge in [-0.3, -0.25) is 9.59 Å². The molecule has 1 aromatic carbocycles. The van der Waals surface area contributed by atoms with Crippen LogP contribution in [0.1, 0.15) is 0 Å². The first-order valence-electron chi connectivity index (χ1n) is 5.23.